The first kappa shape index (κ1) is 18.2. The summed E-state index contributed by atoms with van der Waals surface area (Å²) in [6.45, 7) is 1.19. The Kier molecular flexibility index (Phi) is 5.42. The van der Waals surface area contributed by atoms with Gasteiger partial charge in [-0.25, -0.2) is 13.4 Å². The first-order chi connectivity index (χ1) is 11.2. The van der Waals surface area contributed by atoms with Gasteiger partial charge in [-0.1, -0.05) is 17.7 Å². The maximum absolute atomic E-state index is 12.3. The number of esters is 1. The molecule has 0 aliphatic heterocycles. The number of aromatic nitrogens is 1. The molecule has 0 saturated carbocycles. The minimum absolute atomic E-state index is 0.0468. The lowest BCUT2D eigenvalue weighted by Gasteiger charge is -2.09. The van der Waals surface area contributed by atoms with Crippen LogP contribution in [0.1, 0.15) is 17.3 Å². The Morgan fingerprint density at radius 1 is 1.33 bits per heavy atom. The summed E-state index contributed by atoms with van der Waals surface area (Å²) in [6, 6.07) is 4.44. The quantitative estimate of drug-likeness (QED) is 0.599. The maximum atomic E-state index is 12.3. The Balaban J connectivity index is 2.22. The van der Waals surface area contributed by atoms with Crippen LogP contribution in [0.15, 0.2) is 23.6 Å². The van der Waals surface area contributed by atoms with Crippen LogP contribution in [0.3, 0.4) is 0 Å². The van der Waals surface area contributed by atoms with Crippen molar-refractivity contribution in [2.45, 2.75) is 6.92 Å². The van der Waals surface area contributed by atoms with E-state index in [2.05, 4.69) is 15.0 Å². The molecule has 0 aliphatic rings. The molecule has 0 saturated heterocycles. The number of nitrogens with one attached hydrogen (secondary N) is 2. The zero-order valence-corrected chi connectivity index (χ0v) is 14.9. The highest BCUT2D eigenvalue weighted by Crippen LogP contribution is 2.30. The van der Waals surface area contributed by atoms with Crippen LogP contribution >= 0.6 is 22.9 Å². The second-order valence-electron chi connectivity index (χ2n) is 4.58. The third kappa shape index (κ3) is 4.91. The number of sulfonamides is 1. The normalized spacial score (nSPS) is 11.0. The molecule has 128 valence electrons. The summed E-state index contributed by atoms with van der Waals surface area (Å²) in [5, 5.41) is 4.20. The zero-order chi connectivity index (χ0) is 17.9. The lowest BCUT2D eigenvalue weighted by molar-refractivity contribution is -0.131. The van der Waals surface area contributed by atoms with Gasteiger partial charge < -0.3 is 4.74 Å². The van der Waals surface area contributed by atoms with Gasteiger partial charge in [0.1, 0.15) is 0 Å². The SMILES string of the molecule is CC(=O)Oc1c(Cl)cccc1C(=O)Nc1nc(NS(C)(=O)=O)cs1. The number of hydrogen-bond acceptors (Lipinski definition) is 7. The number of anilines is 2. The molecule has 2 rings (SSSR count). The third-order valence-corrected chi connectivity index (χ3v) is 4.11. The highest BCUT2D eigenvalue weighted by Gasteiger charge is 2.18. The van der Waals surface area contributed by atoms with Crippen LogP contribution < -0.4 is 14.8 Å². The van der Waals surface area contributed by atoms with E-state index in [1.54, 1.807) is 0 Å². The fraction of sp³-hybridized carbons (Fsp3) is 0.154. The number of nitrogens with zero attached hydrogens (tertiary/aromatic N) is 1. The van der Waals surface area contributed by atoms with E-state index in [4.69, 9.17) is 16.3 Å². The number of amides is 1. The van der Waals surface area contributed by atoms with Gasteiger partial charge in [0.2, 0.25) is 10.0 Å². The molecule has 0 radical (unpaired) electrons. The number of thiazole rings is 1. The molecule has 1 aromatic heterocycles. The van der Waals surface area contributed by atoms with Crippen molar-refractivity contribution >= 4 is 55.8 Å². The predicted molar refractivity (Wildman–Crippen MR) is 91.3 cm³/mol. The van der Waals surface area contributed by atoms with Crippen LogP contribution in [0.4, 0.5) is 10.9 Å². The van der Waals surface area contributed by atoms with E-state index in [1.165, 1.54) is 30.5 Å². The van der Waals surface area contributed by atoms with E-state index >= 15 is 0 Å². The average molecular weight is 390 g/mol. The van der Waals surface area contributed by atoms with Crippen molar-refractivity contribution in [3.05, 3.63) is 34.2 Å². The Morgan fingerprint density at radius 3 is 2.67 bits per heavy atom. The number of para-hydroxylation sites is 1. The molecule has 0 bridgehead atoms. The molecule has 1 heterocycles. The fourth-order valence-corrected chi connectivity index (χ4v) is 3.08. The molecule has 0 fully saturated rings. The fourth-order valence-electron chi connectivity index (χ4n) is 1.67. The molecule has 0 atom stereocenters. The summed E-state index contributed by atoms with van der Waals surface area (Å²) in [5.41, 5.74) is 0.0468. The minimum Gasteiger partial charge on any atom is -0.424 e. The molecule has 2 aromatic rings. The van der Waals surface area contributed by atoms with Gasteiger partial charge >= 0.3 is 5.97 Å². The van der Waals surface area contributed by atoms with E-state index < -0.39 is 21.9 Å². The monoisotopic (exact) mass is 389 g/mol. The topological polar surface area (TPSA) is 114 Å². The van der Waals surface area contributed by atoms with Crippen molar-refractivity contribution in [2.75, 3.05) is 16.3 Å². The summed E-state index contributed by atoms with van der Waals surface area (Å²) in [7, 11) is -3.46. The number of ether oxygens (including phenoxy) is 1. The molecule has 0 aliphatic carbocycles. The second-order valence-corrected chi connectivity index (χ2v) is 7.59. The van der Waals surface area contributed by atoms with Gasteiger partial charge in [0.25, 0.3) is 5.91 Å². The van der Waals surface area contributed by atoms with Gasteiger partial charge in [-0.05, 0) is 12.1 Å². The number of carbonyl (C=O) groups is 2. The largest absolute Gasteiger partial charge is 0.424 e. The highest BCUT2D eigenvalue weighted by atomic mass is 35.5. The second kappa shape index (κ2) is 7.16. The molecule has 8 nitrogen and oxygen atoms in total. The summed E-state index contributed by atoms with van der Waals surface area (Å²) in [4.78, 5) is 27.4. The summed E-state index contributed by atoms with van der Waals surface area (Å²) in [5.74, 6) is -1.20. The van der Waals surface area contributed by atoms with Crippen molar-refractivity contribution in [3.63, 3.8) is 0 Å². The lowest BCUT2D eigenvalue weighted by atomic mass is 10.2. The number of rotatable bonds is 5. The Labute approximate surface area is 146 Å². The van der Waals surface area contributed by atoms with E-state index in [-0.39, 0.29) is 27.3 Å². The van der Waals surface area contributed by atoms with E-state index in [0.717, 1.165) is 17.6 Å². The van der Waals surface area contributed by atoms with Gasteiger partial charge in [-0.2, -0.15) is 0 Å². The number of halogens is 1. The van der Waals surface area contributed by atoms with Crippen molar-refractivity contribution in [1.82, 2.24) is 4.98 Å². The predicted octanol–water partition coefficient (Wildman–Crippen LogP) is 2.35. The van der Waals surface area contributed by atoms with Crippen molar-refractivity contribution in [2.24, 2.45) is 0 Å². The van der Waals surface area contributed by atoms with Gasteiger partial charge in [-0.15, -0.1) is 11.3 Å². The molecular formula is C13H12ClN3O5S2. The zero-order valence-electron chi connectivity index (χ0n) is 12.5. The average Bonchev–Trinajstić information content (AvgIpc) is 2.85. The van der Waals surface area contributed by atoms with Crippen LogP contribution in [-0.2, 0) is 14.8 Å². The standard InChI is InChI=1S/C13H12ClN3O5S2/c1-7(18)22-11-8(4-3-5-9(11)14)12(19)16-13-15-10(6-23-13)17-24(2,20)21/h3-6,17H,1-2H3,(H,15,16,19). The van der Waals surface area contributed by atoms with Crippen LogP contribution in [-0.4, -0.2) is 31.5 Å². The van der Waals surface area contributed by atoms with Gasteiger partial charge in [0, 0.05) is 12.3 Å². The van der Waals surface area contributed by atoms with Crippen LogP contribution in [0.5, 0.6) is 5.75 Å². The summed E-state index contributed by atoms with van der Waals surface area (Å²) in [6.07, 6.45) is 0.988. The molecule has 1 aromatic carbocycles. The molecular weight excluding hydrogens is 378 g/mol. The highest BCUT2D eigenvalue weighted by molar-refractivity contribution is 7.92. The van der Waals surface area contributed by atoms with Gasteiger partial charge in [-0.3, -0.25) is 19.6 Å². The molecule has 0 spiro atoms. The smallest absolute Gasteiger partial charge is 0.308 e. The van der Waals surface area contributed by atoms with Crippen molar-refractivity contribution in [1.29, 1.82) is 0 Å². The Bertz CT molecular complexity index is 895. The minimum atomic E-state index is -3.46. The summed E-state index contributed by atoms with van der Waals surface area (Å²) < 4.78 is 29.4. The molecule has 24 heavy (non-hydrogen) atoms. The van der Waals surface area contributed by atoms with Crippen LogP contribution in [0, 0.1) is 0 Å². The van der Waals surface area contributed by atoms with Crippen LogP contribution in [0.25, 0.3) is 0 Å². The van der Waals surface area contributed by atoms with Crippen LogP contribution in [0.2, 0.25) is 5.02 Å². The van der Waals surface area contributed by atoms with Gasteiger partial charge in [0.05, 0.1) is 16.8 Å². The maximum Gasteiger partial charge on any atom is 0.308 e. The van der Waals surface area contributed by atoms with Gasteiger partial charge in [0.15, 0.2) is 16.7 Å². The van der Waals surface area contributed by atoms with Crippen molar-refractivity contribution < 1.29 is 22.7 Å². The molecule has 2 N–H and O–H groups in total. The third-order valence-electron chi connectivity index (χ3n) is 2.47. The Morgan fingerprint density at radius 2 is 2.04 bits per heavy atom. The molecule has 11 heteroatoms. The summed E-state index contributed by atoms with van der Waals surface area (Å²) >= 11 is 6.98. The van der Waals surface area contributed by atoms with Crippen molar-refractivity contribution in [3.8, 4) is 5.75 Å². The number of benzene rings is 1. The number of hydrogen-bond donors (Lipinski definition) is 2. The molecule has 0 unspecified atom stereocenters. The van der Waals surface area contributed by atoms with E-state index in [1.807, 2.05) is 0 Å². The molecule has 1 amide bonds. The Hall–Kier alpha value is -2.17. The number of carbonyl (C=O) groups excluding carboxylic acids is 2. The first-order valence-corrected chi connectivity index (χ1v) is 9.52. The lowest BCUT2D eigenvalue weighted by Crippen LogP contribution is -2.15. The van der Waals surface area contributed by atoms with E-state index in [0.29, 0.717) is 0 Å². The van der Waals surface area contributed by atoms with E-state index in [9.17, 15) is 18.0 Å². The first-order valence-electron chi connectivity index (χ1n) is 6.37.